The zero-order chi connectivity index (χ0) is 16.5. The van der Waals surface area contributed by atoms with Crippen LogP contribution in [0.4, 0.5) is 0 Å². The van der Waals surface area contributed by atoms with E-state index in [0.29, 0.717) is 18.7 Å². The molecule has 122 valence electrons. The van der Waals surface area contributed by atoms with Gasteiger partial charge in [-0.15, -0.1) is 0 Å². The Morgan fingerprint density at radius 3 is 2.61 bits per heavy atom. The van der Waals surface area contributed by atoms with Crippen LogP contribution in [0.2, 0.25) is 5.02 Å². The summed E-state index contributed by atoms with van der Waals surface area (Å²) in [5.41, 5.74) is 1.77. The molecule has 0 bridgehead atoms. The van der Waals surface area contributed by atoms with E-state index < -0.39 is 0 Å². The van der Waals surface area contributed by atoms with Crippen LogP contribution < -0.4 is 10.1 Å². The fraction of sp³-hybridized carbons (Fsp3) is 0.278. The zero-order valence-electron chi connectivity index (χ0n) is 13.0. The van der Waals surface area contributed by atoms with Crippen molar-refractivity contribution in [3.63, 3.8) is 0 Å². The lowest BCUT2D eigenvalue weighted by Gasteiger charge is -2.07. The molecule has 0 unspecified atom stereocenters. The Bertz CT molecular complexity index is 631. The van der Waals surface area contributed by atoms with Gasteiger partial charge in [0.05, 0.1) is 6.61 Å². The topological polar surface area (TPSA) is 38.3 Å². The van der Waals surface area contributed by atoms with Crippen molar-refractivity contribution in [2.24, 2.45) is 0 Å². The van der Waals surface area contributed by atoms with Crippen molar-refractivity contribution in [1.82, 2.24) is 5.32 Å². The first-order chi connectivity index (χ1) is 11.2. The van der Waals surface area contributed by atoms with Crippen LogP contribution in [0.5, 0.6) is 5.75 Å². The van der Waals surface area contributed by atoms with E-state index in [0.717, 1.165) is 27.8 Å². The molecular formula is C18H20ClNO2S. The number of hydrogen-bond acceptors (Lipinski definition) is 3. The van der Waals surface area contributed by atoms with Crippen LogP contribution in [0, 0.1) is 0 Å². The predicted molar refractivity (Wildman–Crippen MR) is 97.6 cm³/mol. The Balaban J connectivity index is 1.69. The molecule has 1 amide bonds. The van der Waals surface area contributed by atoms with E-state index in [2.05, 4.69) is 5.32 Å². The van der Waals surface area contributed by atoms with Crippen molar-refractivity contribution in [3.05, 3.63) is 64.7 Å². The summed E-state index contributed by atoms with van der Waals surface area (Å²) in [5.74, 6) is 2.40. The highest BCUT2D eigenvalue weighted by Gasteiger charge is 2.05. The van der Waals surface area contributed by atoms with Gasteiger partial charge in [0, 0.05) is 28.6 Å². The minimum absolute atomic E-state index is 0.0635. The third kappa shape index (κ3) is 5.81. The number of hydrogen-bond donors (Lipinski definition) is 1. The monoisotopic (exact) mass is 349 g/mol. The van der Waals surface area contributed by atoms with Crippen molar-refractivity contribution in [1.29, 1.82) is 0 Å². The van der Waals surface area contributed by atoms with E-state index in [9.17, 15) is 4.79 Å². The van der Waals surface area contributed by atoms with Gasteiger partial charge in [0.15, 0.2) is 0 Å². The van der Waals surface area contributed by atoms with Crippen LogP contribution in [0.3, 0.4) is 0 Å². The van der Waals surface area contributed by atoms with Crippen LogP contribution in [0.15, 0.2) is 48.5 Å². The number of amides is 1. The molecular weight excluding hydrogens is 330 g/mol. The molecule has 2 aromatic rings. The number of nitrogens with one attached hydrogen (secondary N) is 1. The lowest BCUT2D eigenvalue weighted by atomic mass is 10.2. The van der Waals surface area contributed by atoms with E-state index in [-0.39, 0.29) is 5.91 Å². The summed E-state index contributed by atoms with van der Waals surface area (Å²) in [6.07, 6.45) is 0. The van der Waals surface area contributed by atoms with Crippen molar-refractivity contribution < 1.29 is 9.53 Å². The standard InChI is InChI=1S/C18H20ClNO2S/c1-2-22-16-9-7-14(8-10-16)18(21)20-11-12-23-13-15-5-3-4-6-17(15)19/h3-10H,2,11-13H2,1H3,(H,20,21). The molecule has 23 heavy (non-hydrogen) atoms. The number of carbonyl (C=O) groups is 1. The van der Waals surface area contributed by atoms with E-state index in [1.54, 1.807) is 23.9 Å². The third-order valence-corrected chi connectivity index (χ3v) is 4.55. The lowest BCUT2D eigenvalue weighted by molar-refractivity contribution is 0.0956. The normalized spacial score (nSPS) is 10.3. The molecule has 0 aliphatic heterocycles. The van der Waals surface area contributed by atoms with Gasteiger partial charge in [0.2, 0.25) is 0 Å². The molecule has 0 fully saturated rings. The lowest BCUT2D eigenvalue weighted by Crippen LogP contribution is -2.25. The minimum Gasteiger partial charge on any atom is -0.494 e. The average Bonchev–Trinajstić information content (AvgIpc) is 2.57. The predicted octanol–water partition coefficient (Wildman–Crippen LogP) is 4.40. The fourth-order valence-electron chi connectivity index (χ4n) is 2.01. The molecule has 2 rings (SSSR count). The first-order valence-electron chi connectivity index (χ1n) is 7.53. The molecule has 3 nitrogen and oxygen atoms in total. The Morgan fingerprint density at radius 2 is 1.91 bits per heavy atom. The van der Waals surface area contributed by atoms with Gasteiger partial charge < -0.3 is 10.1 Å². The molecule has 0 spiro atoms. The summed E-state index contributed by atoms with van der Waals surface area (Å²) in [7, 11) is 0. The summed E-state index contributed by atoms with van der Waals surface area (Å²) >= 11 is 7.86. The Kier molecular flexibility index (Phi) is 7.30. The van der Waals surface area contributed by atoms with Gasteiger partial charge in [-0.2, -0.15) is 11.8 Å². The van der Waals surface area contributed by atoms with Crippen molar-refractivity contribution in [3.8, 4) is 5.75 Å². The third-order valence-electron chi connectivity index (χ3n) is 3.17. The van der Waals surface area contributed by atoms with Crippen molar-refractivity contribution in [2.45, 2.75) is 12.7 Å². The highest BCUT2D eigenvalue weighted by atomic mass is 35.5. The molecule has 0 aliphatic carbocycles. The van der Waals surface area contributed by atoms with Gasteiger partial charge in [-0.3, -0.25) is 4.79 Å². The van der Waals surface area contributed by atoms with E-state index in [1.165, 1.54) is 0 Å². The SMILES string of the molecule is CCOc1ccc(C(=O)NCCSCc2ccccc2Cl)cc1. The smallest absolute Gasteiger partial charge is 0.251 e. The number of rotatable bonds is 8. The Morgan fingerprint density at radius 1 is 1.17 bits per heavy atom. The van der Waals surface area contributed by atoms with Crippen LogP contribution in [0.1, 0.15) is 22.8 Å². The van der Waals surface area contributed by atoms with Crippen molar-refractivity contribution in [2.75, 3.05) is 18.9 Å². The zero-order valence-corrected chi connectivity index (χ0v) is 14.6. The number of halogens is 1. The minimum atomic E-state index is -0.0635. The summed E-state index contributed by atoms with van der Waals surface area (Å²) < 4.78 is 5.36. The number of carbonyl (C=O) groups excluding carboxylic acids is 1. The van der Waals surface area contributed by atoms with Gasteiger partial charge in [0.25, 0.3) is 5.91 Å². The number of benzene rings is 2. The second-order valence-electron chi connectivity index (χ2n) is 4.86. The molecule has 0 radical (unpaired) electrons. The molecule has 1 N–H and O–H groups in total. The maximum absolute atomic E-state index is 12.0. The molecule has 0 aliphatic rings. The average molecular weight is 350 g/mol. The summed E-state index contributed by atoms with van der Waals surface area (Å²) in [6.45, 7) is 3.18. The first-order valence-corrected chi connectivity index (χ1v) is 9.06. The maximum atomic E-state index is 12.0. The van der Waals surface area contributed by atoms with Crippen LogP contribution in [-0.2, 0) is 5.75 Å². The van der Waals surface area contributed by atoms with Gasteiger partial charge in [-0.25, -0.2) is 0 Å². The van der Waals surface area contributed by atoms with E-state index >= 15 is 0 Å². The van der Waals surface area contributed by atoms with Gasteiger partial charge in [0.1, 0.15) is 5.75 Å². The van der Waals surface area contributed by atoms with Crippen LogP contribution >= 0.6 is 23.4 Å². The quantitative estimate of drug-likeness (QED) is 0.718. The van der Waals surface area contributed by atoms with Crippen LogP contribution in [0.25, 0.3) is 0 Å². The maximum Gasteiger partial charge on any atom is 0.251 e. The summed E-state index contributed by atoms with van der Waals surface area (Å²) in [6, 6.07) is 15.0. The highest BCUT2D eigenvalue weighted by molar-refractivity contribution is 7.98. The second-order valence-corrected chi connectivity index (χ2v) is 6.37. The Hall–Kier alpha value is -1.65. The van der Waals surface area contributed by atoms with Crippen molar-refractivity contribution >= 4 is 29.3 Å². The van der Waals surface area contributed by atoms with Gasteiger partial charge in [-0.05, 0) is 42.8 Å². The molecule has 0 heterocycles. The van der Waals surface area contributed by atoms with Gasteiger partial charge in [-0.1, -0.05) is 29.8 Å². The van der Waals surface area contributed by atoms with E-state index in [1.807, 2.05) is 43.3 Å². The number of ether oxygens (including phenoxy) is 1. The highest BCUT2D eigenvalue weighted by Crippen LogP contribution is 2.20. The number of thioether (sulfide) groups is 1. The first kappa shape index (κ1) is 17.7. The summed E-state index contributed by atoms with van der Waals surface area (Å²) in [4.78, 5) is 12.0. The molecule has 0 atom stereocenters. The Labute approximate surface area is 146 Å². The largest absolute Gasteiger partial charge is 0.494 e. The second kappa shape index (κ2) is 9.48. The molecule has 2 aromatic carbocycles. The van der Waals surface area contributed by atoms with Crippen LogP contribution in [-0.4, -0.2) is 24.8 Å². The van der Waals surface area contributed by atoms with E-state index in [4.69, 9.17) is 16.3 Å². The van der Waals surface area contributed by atoms with Gasteiger partial charge >= 0.3 is 0 Å². The molecule has 0 aromatic heterocycles. The molecule has 0 saturated heterocycles. The molecule has 0 saturated carbocycles. The summed E-state index contributed by atoms with van der Waals surface area (Å²) in [5, 5.41) is 3.71. The molecule has 5 heteroatoms. The fourth-order valence-corrected chi connectivity index (χ4v) is 3.15.